The Morgan fingerprint density at radius 2 is 2.00 bits per heavy atom. The smallest absolute Gasteiger partial charge is 0.128 e. The molecule has 1 aromatic rings. The van der Waals surface area contributed by atoms with Crippen molar-refractivity contribution in [1.29, 1.82) is 0 Å². The second-order valence-electron chi connectivity index (χ2n) is 5.84. The molecule has 2 heterocycles. The van der Waals surface area contributed by atoms with E-state index >= 15 is 0 Å². The summed E-state index contributed by atoms with van der Waals surface area (Å²) in [7, 11) is 0. The fraction of sp³-hybridized carbons (Fsp3) is 0.667. The van der Waals surface area contributed by atoms with Crippen LogP contribution in [0.1, 0.15) is 37.8 Å². The zero-order chi connectivity index (χ0) is 13.2. The number of anilines is 1. The Balaban J connectivity index is 1.75. The highest BCUT2D eigenvalue weighted by atomic mass is 35.5. The van der Waals surface area contributed by atoms with Gasteiger partial charge in [0, 0.05) is 19.6 Å². The molecule has 0 radical (unpaired) electrons. The lowest BCUT2D eigenvalue weighted by atomic mass is 9.75. The largest absolute Gasteiger partial charge is 0.356 e. The number of pyridine rings is 1. The van der Waals surface area contributed by atoms with Crippen LogP contribution < -0.4 is 10.6 Å². The fourth-order valence-electron chi connectivity index (χ4n) is 3.60. The predicted octanol–water partition coefficient (Wildman–Crippen LogP) is 3.21. The van der Waals surface area contributed by atoms with Gasteiger partial charge in [-0.15, -0.1) is 0 Å². The molecule has 0 bridgehead atoms. The molecule has 3 nitrogen and oxygen atoms in total. The Hall–Kier alpha value is -0.800. The highest BCUT2D eigenvalue weighted by Gasteiger charge is 2.31. The molecule has 0 aromatic carbocycles. The van der Waals surface area contributed by atoms with Crippen molar-refractivity contribution in [3.63, 3.8) is 0 Å². The van der Waals surface area contributed by atoms with E-state index in [2.05, 4.69) is 9.88 Å². The lowest BCUT2D eigenvalue weighted by Gasteiger charge is -2.41. The number of aromatic nitrogens is 1. The molecular formula is C15H22ClN3. The molecule has 19 heavy (non-hydrogen) atoms. The summed E-state index contributed by atoms with van der Waals surface area (Å²) in [5.41, 5.74) is 6.50. The molecule has 2 unspecified atom stereocenters. The van der Waals surface area contributed by atoms with Gasteiger partial charge >= 0.3 is 0 Å². The maximum absolute atomic E-state index is 6.08. The van der Waals surface area contributed by atoms with Gasteiger partial charge in [0.05, 0.1) is 10.7 Å². The third-order valence-corrected chi connectivity index (χ3v) is 5.06. The first-order valence-electron chi connectivity index (χ1n) is 7.38. The third-order valence-electron chi connectivity index (χ3n) is 4.71. The van der Waals surface area contributed by atoms with Crippen molar-refractivity contribution >= 4 is 17.4 Å². The van der Waals surface area contributed by atoms with Gasteiger partial charge < -0.3 is 10.6 Å². The van der Waals surface area contributed by atoms with Gasteiger partial charge in [0.2, 0.25) is 0 Å². The summed E-state index contributed by atoms with van der Waals surface area (Å²) in [4.78, 5) is 7.04. The third kappa shape index (κ3) is 2.72. The normalized spacial score (nSPS) is 27.2. The van der Waals surface area contributed by atoms with Gasteiger partial charge in [-0.2, -0.15) is 0 Å². The summed E-state index contributed by atoms with van der Waals surface area (Å²) in [5.74, 6) is 2.86. The van der Waals surface area contributed by atoms with Crippen molar-refractivity contribution in [2.75, 3.05) is 18.0 Å². The van der Waals surface area contributed by atoms with Crippen LogP contribution in [-0.2, 0) is 6.54 Å². The minimum atomic E-state index is 0.409. The highest BCUT2D eigenvalue weighted by molar-refractivity contribution is 6.31. The van der Waals surface area contributed by atoms with Gasteiger partial charge in [-0.05, 0) is 36.8 Å². The summed E-state index contributed by atoms with van der Waals surface area (Å²) in [6.45, 7) is 2.69. The molecule has 1 aliphatic heterocycles. The Kier molecular flexibility index (Phi) is 3.94. The predicted molar refractivity (Wildman–Crippen MR) is 79.4 cm³/mol. The minimum Gasteiger partial charge on any atom is -0.356 e. The molecule has 2 N–H and O–H groups in total. The van der Waals surface area contributed by atoms with E-state index in [1.165, 1.54) is 32.1 Å². The molecule has 1 saturated carbocycles. The SMILES string of the molecule is NCc1nc(N2CCC3CCCCC3C2)ccc1Cl. The summed E-state index contributed by atoms with van der Waals surface area (Å²) in [6, 6.07) is 3.96. The van der Waals surface area contributed by atoms with E-state index in [0.717, 1.165) is 36.4 Å². The zero-order valence-corrected chi connectivity index (χ0v) is 12.1. The Morgan fingerprint density at radius 3 is 2.79 bits per heavy atom. The average molecular weight is 280 g/mol. The molecule has 104 valence electrons. The van der Waals surface area contributed by atoms with Crippen LogP contribution in [0.5, 0.6) is 0 Å². The van der Waals surface area contributed by atoms with Gasteiger partial charge in [-0.25, -0.2) is 4.98 Å². The Labute approximate surface area is 120 Å². The number of nitrogens with two attached hydrogens (primary N) is 1. The van der Waals surface area contributed by atoms with E-state index < -0.39 is 0 Å². The Bertz CT molecular complexity index is 449. The first kappa shape index (κ1) is 13.2. The summed E-state index contributed by atoms with van der Waals surface area (Å²) < 4.78 is 0. The number of piperidine rings is 1. The van der Waals surface area contributed by atoms with Gasteiger partial charge in [0.15, 0.2) is 0 Å². The van der Waals surface area contributed by atoms with Crippen LogP contribution in [0, 0.1) is 11.8 Å². The lowest BCUT2D eigenvalue weighted by Crippen LogP contribution is -2.42. The average Bonchev–Trinajstić information content (AvgIpc) is 2.47. The summed E-state index contributed by atoms with van der Waals surface area (Å²) in [6.07, 6.45) is 6.96. The van der Waals surface area contributed by atoms with Gasteiger partial charge in [0.25, 0.3) is 0 Å². The molecule has 3 rings (SSSR count). The zero-order valence-electron chi connectivity index (χ0n) is 11.3. The number of fused-ring (bicyclic) bond motifs is 1. The van der Waals surface area contributed by atoms with E-state index in [9.17, 15) is 0 Å². The number of hydrogen-bond donors (Lipinski definition) is 1. The highest BCUT2D eigenvalue weighted by Crippen LogP contribution is 2.37. The summed E-state index contributed by atoms with van der Waals surface area (Å²) >= 11 is 6.08. The van der Waals surface area contributed by atoms with E-state index in [1.54, 1.807) is 0 Å². The van der Waals surface area contributed by atoms with Crippen molar-refractivity contribution in [2.45, 2.75) is 38.6 Å². The Morgan fingerprint density at radius 1 is 1.21 bits per heavy atom. The van der Waals surface area contributed by atoms with Crippen LogP contribution in [0.3, 0.4) is 0 Å². The molecule has 2 fully saturated rings. The second kappa shape index (κ2) is 5.68. The van der Waals surface area contributed by atoms with Crippen LogP contribution in [0.4, 0.5) is 5.82 Å². The molecule has 2 aliphatic rings. The van der Waals surface area contributed by atoms with Crippen molar-refractivity contribution < 1.29 is 0 Å². The number of nitrogens with zero attached hydrogens (tertiary/aromatic N) is 2. The first-order valence-corrected chi connectivity index (χ1v) is 7.76. The minimum absolute atomic E-state index is 0.409. The van der Waals surface area contributed by atoms with Crippen molar-refractivity contribution in [1.82, 2.24) is 4.98 Å². The van der Waals surface area contributed by atoms with Gasteiger partial charge in [0.1, 0.15) is 5.82 Å². The first-order chi connectivity index (χ1) is 9.28. The van der Waals surface area contributed by atoms with Crippen molar-refractivity contribution in [3.05, 3.63) is 22.8 Å². The van der Waals surface area contributed by atoms with E-state index in [4.69, 9.17) is 17.3 Å². The van der Waals surface area contributed by atoms with Gasteiger partial charge in [-0.1, -0.05) is 30.9 Å². The number of halogens is 1. The molecule has 2 atom stereocenters. The molecule has 1 aliphatic carbocycles. The van der Waals surface area contributed by atoms with Crippen LogP contribution in [0.2, 0.25) is 5.02 Å². The molecule has 4 heteroatoms. The quantitative estimate of drug-likeness (QED) is 0.904. The topological polar surface area (TPSA) is 42.1 Å². The van der Waals surface area contributed by atoms with Crippen LogP contribution >= 0.6 is 11.6 Å². The standard InChI is InChI=1S/C15H22ClN3/c16-13-5-6-15(18-14(13)9-17)19-8-7-11-3-1-2-4-12(11)10-19/h5-6,11-12H,1-4,7-10,17H2. The number of rotatable bonds is 2. The molecular weight excluding hydrogens is 258 g/mol. The molecule has 0 amide bonds. The van der Waals surface area contributed by atoms with Gasteiger partial charge in [-0.3, -0.25) is 0 Å². The monoisotopic (exact) mass is 279 g/mol. The van der Waals surface area contributed by atoms with Crippen molar-refractivity contribution in [2.24, 2.45) is 17.6 Å². The summed E-state index contributed by atoms with van der Waals surface area (Å²) in [5, 5.41) is 0.679. The fourth-order valence-corrected chi connectivity index (χ4v) is 3.78. The van der Waals surface area contributed by atoms with Crippen LogP contribution in [-0.4, -0.2) is 18.1 Å². The molecule has 0 spiro atoms. The second-order valence-corrected chi connectivity index (χ2v) is 6.25. The van der Waals surface area contributed by atoms with E-state index in [-0.39, 0.29) is 0 Å². The van der Waals surface area contributed by atoms with Crippen LogP contribution in [0.25, 0.3) is 0 Å². The van der Waals surface area contributed by atoms with E-state index in [0.29, 0.717) is 11.6 Å². The molecule has 1 saturated heterocycles. The van der Waals surface area contributed by atoms with E-state index in [1.807, 2.05) is 12.1 Å². The van der Waals surface area contributed by atoms with Crippen LogP contribution in [0.15, 0.2) is 12.1 Å². The molecule has 1 aromatic heterocycles. The van der Waals surface area contributed by atoms with Crippen molar-refractivity contribution in [3.8, 4) is 0 Å². The maximum atomic E-state index is 6.08. The maximum Gasteiger partial charge on any atom is 0.128 e. The lowest BCUT2D eigenvalue weighted by molar-refractivity contribution is 0.202. The number of hydrogen-bond acceptors (Lipinski definition) is 3.